The number of likely N-dealkylation sites (tertiary alicyclic amines) is 1. The Balaban J connectivity index is 1.67. The maximum absolute atomic E-state index is 13.1. The molecule has 1 N–H and O–H groups in total. The van der Waals surface area contributed by atoms with Crippen LogP contribution >= 0.6 is 38.6 Å². The van der Waals surface area contributed by atoms with E-state index in [4.69, 9.17) is 9.47 Å². The van der Waals surface area contributed by atoms with Crippen molar-refractivity contribution in [3.63, 3.8) is 0 Å². The van der Waals surface area contributed by atoms with E-state index in [1.165, 1.54) is 22.7 Å². The molecule has 1 atom stereocenters. The van der Waals surface area contributed by atoms with Gasteiger partial charge in [0.25, 0.3) is 0 Å². The standard InChI is InChI=1S/C20H24BrNO5S2/c1-19(2,3)27-18(24)22-10-8-13(9-11-22)26-17(23)20(25,14-5-4-12-28-14)15-6-7-16(21)29-15/h4-7,12-13,25H,8-11H2,1-3H3. The molecule has 0 aliphatic carbocycles. The smallest absolute Gasteiger partial charge is 0.410 e. The number of carbonyl (C=O) groups is 2. The first-order valence-corrected chi connectivity index (χ1v) is 11.8. The first kappa shape index (κ1) is 22.3. The van der Waals surface area contributed by atoms with Crippen LogP contribution in [0.15, 0.2) is 33.4 Å². The minimum absolute atomic E-state index is 0.360. The predicted molar refractivity (Wildman–Crippen MR) is 116 cm³/mol. The summed E-state index contributed by atoms with van der Waals surface area (Å²) in [6.07, 6.45) is 0.274. The average Bonchev–Trinajstić information content (AvgIpc) is 3.32. The molecule has 1 unspecified atom stereocenters. The van der Waals surface area contributed by atoms with E-state index in [9.17, 15) is 14.7 Å². The first-order chi connectivity index (χ1) is 13.6. The van der Waals surface area contributed by atoms with Crippen LogP contribution in [0.1, 0.15) is 43.4 Å². The summed E-state index contributed by atoms with van der Waals surface area (Å²) in [5.41, 5.74) is -2.39. The molecule has 158 valence electrons. The summed E-state index contributed by atoms with van der Waals surface area (Å²) in [4.78, 5) is 27.9. The molecule has 0 spiro atoms. The second-order valence-electron chi connectivity index (χ2n) is 7.86. The quantitative estimate of drug-likeness (QED) is 0.611. The van der Waals surface area contributed by atoms with Crippen LogP contribution in [-0.2, 0) is 19.9 Å². The molecule has 3 rings (SSSR count). The minimum atomic E-state index is -1.84. The Bertz CT molecular complexity index is 853. The maximum atomic E-state index is 13.1. The number of aliphatic hydroxyl groups is 1. The summed E-state index contributed by atoms with van der Waals surface area (Å²) in [7, 11) is 0. The van der Waals surface area contributed by atoms with E-state index in [2.05, 4.69) is 15.9 Å². The number of hydrogen-bond donors (Lipinski definition) is 1. The first-order valence-electron chi connectivity index (χ1n) is 9.31. The zero-order valence-corrected chi connectivity index (χ0v) is 19.7. The number of nitrogens with zero attached hydrogens (tertiary/aromatic N) is 1. The summed E-state index contributed by atoms with van der Waals surface area (Å²) in [5, 5.41) is 13.2. The van der Waals surface area contributed by atoms with Crippen LogP contribution in [0.3, 0.4) is 0 Å². The van der Waals surface area contributed by atoms with Crippen molar-refractivity contribution in [2.45, 2.75) is 50.9 Å². The van der Waals surface area contributed by atoms with Gasteiger partial charge in [0.15, 0.2) is 0 Å². The molecule has 0 radical (unpaired) electrons. The largest absolute Gasteiger partial charge is 0.460 e. The third kappa shape index (κ3) is 5.20. The fourth-order valence-electron chi connectivity index (χ4n) is 3.04. The number of carbonyl (C=O) groups excluding carboxylic acids is 2. The Kier molecular flexibility index (Phi) is 6.72. The Morgan fingerprint density at radius 3 is 2.38 bits per heavy atom. The Morgan fingerprint density at radius 1 is 1.17 bits per heavy atom. The van der Waals surface area contributed by atoms with Gasteiger partial charge in [-0.3, -0.25) is 0 Å². The van der Waals surface area contributed by atoms with E-state index in [1.54, 1.807) is 29.2 Å². The van der Waals surface area contributed by atoms with Crippen molar-refractivity contribution in [1.29, 1.82) is 0 Å². The topological polar surface area (TPSA) is 76.1 Å². The molecular formula is C20H24BrNO5S2. The molecule has 2 aromatic rings. The highest BCUT2D eigenvalue weighted by atomic mass is 79.9. The molecule has 9 heteroatoms. The molecule has 0 saturated carbocycles. The maximum Gasteiger partial charge on any atom is 0.410 e. The van der Waals surface area contributed by atoms with Gasteiger partial charge in [-0.25, -0.2) is 9.59 Å². The fourth-order valence-corrected chi connectivity index (χ4v) is 5.40. The molecule has 1 aliphatic rings. The molecule has 6 nitrogen and oxygen atoms in total. The van der Waals surface area contributed by atoms with Gasteiger partial charge in [-0.2, -0.15) is 0 Å². The van der Waals surface area contributed by atoms with Gasteiger partial charge in [0.1, 0.15) is 11.7 Å². The zero-order chi connectivity index (χ0) is 21.2. The van der Waals surface area contributed by atoms with Gasteiger partial charge in [0, 0.05) is 25.9 Å². The average molecular weight is 502 g/mol. The summed E-state index contributed by atoms with van der Waals surface area (Å²) < 4.78 is 11.9. The van der Waals surface area contributed by atoms with E-state index in [1.807, 2.05) is 26.2 Å². The molecule has 3 heterocycles. The van der Waals surface area contributed by atoms with Crippen LogP contribution in [0.5, 0.6) is 0 Å². The number of rotatable bonds is 4. The van der Waals surface area contributed by atoms with Gasteiger partial charge in [0.05, 0.1) is 13.5 Å². The van der Waals surface area contributed by atoms with E-state index in [0.717, 1.165) is 3.79 Å². The van der Waals surface area contributed by atoms with Gasteiger partial charge < -0.3 is 19.5 Å². The molecule has 0 bridgehead atoms. The SMILES string of the molecule is CC(C)(C)OC(=O)N1CCC(OC(=O)C(O)(c2cccs2)c2ccc(Br)s2)CC1. The van der Waals surface area contributed by atoms with Crippen molar-refractivity contribution in [3.05, 3.63) is 43.2 Å². The molecule has 1 saturated heterocycles. The second-order valence-corrected chi connectivity index (χ2v) is 11.3. The summed E-state index contributed by atoms with van der Waals surface area (Å²) in [5.74, 6) is -0.690. The number of halogens is 1. The Labute approximate surface area is 186 Å². The molecular weight excluding hydrogens is 478 g/mol. The van der Waals surface area contributed by atoms with Crippen molar-refractivity contribution >= 4 is 50.7 Å². The third-order valence-electron chi connectivity index (χ3n) is 4.47. The third-order valence-corrected chi connectivity index (χ3v) is 7.18. The predicted octanol–water partition coefficient (Wildman–Crippen LogP) is 4.75. The van der Waals surface area contributed by atoms with Crippen LogP contribution in [0.4, 0.5) is 4.79 Å². The Hall–Kier alpha value is -1.42. The Morgan fingerprint density at radius 2 is 1.86 bits per heavy atom. The lowest BCUT2D eigenvalue weighted by Gasteiger charge is -2.34. The van der Waals surface area contributed by atoms with Gasteiger partial charge in [-0.15, -0.1) is 22.7 Å². The van der Waals surface area contributed by atoms with Gasteiger partial charge in [-0.05, 0) is 60.3 Å². The van der Waals surface area contributed by atoms with Crippen molar-refractivity contribution in [1.82, 2.24) is 4.90 Å². The molecule has 0 aromatic carbocycles. The lowest BCUT2D eigenvalue weighted by Crippen LogP contribution is -2.45. The van der Waals surface area contributed by atoms with Crippen LogP contribution < -0.4 is 0 Å². The summed E-state index contributed by atoms with van der Waals surface area (Å²) in [6, 6.07) is 7.04. The number of ether oxygens (including phenoxy) is 2. The van der Waals surface area contributed by atoms with Gasteiger partial charge in [-0.1, -0.05) is 6.07 Å². The number of esters is 1. The highest BCUT2D eigenvalue weighted by Gasteiger charge is 2.45. The minimum Gasteiger partial charge on any atom is -0.460 e. The number of hydrogen-bond acceptors (Lipinski definition) is 7. The van der Waals surface area contributed by atoms with E-state index >= 15 is 0 Å². The lowest BCUT2D eigenvalue weighted by molar-refractivity contribution is -0.169. The van der Waals surface area contributed by atoms with E-state index in [0.29, 0.717) is 35.7 Å². The highest BCUT2D eigenvalue weighted by molar-refractivity contribution is 9.11. The number of amides is 1. The second kappa shape index (κ2) is 8.75. The van der Waals surface area contributed by atoms with Crippen LogP contribution in [0, 0.1) is 0 Å². The molecule has 1 amide bonds. The molecule has 1 fully saturated rings. The monoisotopic (exact) mass is 501 g/mol. The fraction of sp³-hybridized carbons (Fsp3) is 0.500. The molecule has 29 heavy (non-hydrogen) atoms. The van der Waals surface area contributed by atoms with Crippen molar-refractivity contribution in [2.24, 2.45) is 0 Å². The van der Waals surface area contributed by atoms with Crippen molar-refractivity contribution in [2.75, 3.05) is 13.1 Å². The van der Waals surface area contributed by atoms with E-state index in [-0.39, 0.29) is 12.2 Å². The van der Waals surface area contributed by atoms with Crippen molar-refractivity contribution in [3.8, 4) is 0 Å². The van der Waals surface area contributed by atoms with Crippen LogP contribution in [-0.4, -0.2) is 46.9 Å². The van der Waals surface area contributed by atoms with E-state index < -0.39 is 17.2 Å². The summed E-state index contributed by atoms with van der Waals surface area (Å²) >= 11 is 5.99. The normalized spacial score (nSPS) is 17.6. The van der Waals surface area contributed by atoms with Gasteiger partial charge >= 0.3 is 12.1 Å². The number of piperidine rings is 1. The van der Waals surface area contributed by atoms with Crippen LogP contribution in [0.2, 0.25) is 0 Å². The zero-order valence-electron chi connectivity index (χ0n) is 16.5. The number of thiophene rings is 2. The highest BCUT2D eigenvalue weighted by Crippen LogP contribution is 2.40. The lowest BCUT2D eigenvalue weighted by atomic mass is 9.99. The molecule has 1 aliphatic heterocycles. The summed E-state index contributed by atoms with van der Waals surface area (Å²) in [6.45, 7) is 6.36. The molecule has 2 aromatic heterocycles. The van der Waals surface area contributed by atoms with Gasteiger partial charge in [0.2, 0.25) is 5.60 Å². The van der Waals surface area contributed by atoms with Crippen LogP contribution in [0.25, 0.3) is 0 Å². The van der Waals surface area contributed by atoms with Crippen molar-refractivity contribution < 1.29 is 24.2 Å².